The van der Waals surface area contributed by atoms with Gasteiger partial charge in [-0.05, 0) is 24.3 Å². The monoisotopic (exact) mass is 345 g/mol. The van der Waals surface area contributed by atoms with Crippen LogP contribution in [0, 0.1) is 17.5 Å². The van der Waals surface area contributed by atoms with Crippen LogP contribution in [0.1, 0.15) is 0 Å². The van der Waals surface area contributed by atoms with Crippen LogP contribution >= 0.6 is 11.7 Å². The quantitative estimate of drug-likeness (QED) is 0.741. The summed E-state index contributed by atoms with van der Waals surface area (Å²) in [6.45, 7) is 0. The van der Waals surface area contributed by atoms with Crippen LogP contribution in [0.3, 0.4) is 0 Å². The molecule has 0 saturated carbocycles. The molecule has 3 rings (SSSR count). The number of sulfonamides is 1. The van der Waals surface area contributed by atoms with Gasteiger partial charge in [-0.15, -0.1) is 0 Å². The van der Waals surface area contributed by atoms with E-state index in [2.05, 4.69) is 13.5 Å². The van der Waals surface area contributed by atoms with E-state index in [0.717, 1.165) is 11.7 Å². The predicted octanol–water partition coefficient (Wildman–Crippen LogP) is 2.91. The zero-order valence-electron chi connectivity index (χ0n) is 10.5. The summed E-state index contributed by atoms with van der Waals surface area (Å²) in [6, 6.07) is 5.42. The summed E-state index contributed by atoms with van der Waals surface area (Å²) in [6.07, 6.45) is 0. The summed E-state index contributed by atoms with van der Waals surface area (Å²) in [5.41, 5.74) is 0.886. The molecule has 22 heavy (non-hydrogen) atoms. The highest BCUT2D eigenvalue weighted by atomic mass is 32.2. The zero-order chi connectivity index (χ0) is 15.9. The summed E-state index contributed by atoms with van der Waals surface area (Å²) in [7, 11) is -4.30. The Labute approximate surface area is 126 Å². The molecule has 0 aliphatic carbocycles. The van der Waals surface area contributed by atoms with E-state index in [9.17, 15) is 21.6 Å². The van der Waals surface area contributed by atoms with Crippen molar-refractivity contribution in [2.45, 2.75) is 4.90 Å². The van der Waals surface area contributed by atoms with Gasteiger partial charge in [0.15, 0.2) is 17.5 Å². The van der Waals surface area contributed by atoms with Crippen LogP contribution in [0.2, 0.25) is 0 Å². The number of hydrogen-bond acceptors (Lipinski definition) is 5. The minimum Gasteiger partial charge on any atom is -0.277 e. The molecular formula is C12H6F3N3O2S2. The SMILES string of the molecule is O=S(=O)(Nc1cccc2nsnc12)c1cc(F)c(F)c(F)c1. The van der Waals surface area contributed by atoms with E-state index >= 15 is 0 Å². The lowest BCUT2D eigenvalue weighted by Crippen LogP contribution is -2.14. The van der Waals surface area contributed by atoms with Crippen molar-refractivity contribution >= 4 is 38.5 Å². The van der Waals surface area contributed by atoms with E-state index in [0.29, 0.717) is 23.2 Å². The first-order valence-corrected chi connectivity index (χ1v) is 7.98. The molecule has 0 fully saturated rings. The highest BCUT2D eigenvalue weighted by Gasteiger charge is 2.21. The summed E-state index contributed by atoms with van der Waals surface area (Å²) in [4.78, 5) is -0.732. The lowest BCUT2D eigenvalue weighted by Gasteiger charge is -2.09. The molecule has 0 radical (unpaired) electrons. The second-order valence-corrected chi connectivity index (χ2v) is 6.45. The van der Waals surface area contributed by atoms with Gasteiger partial charge in [0.2, 0.25) is 0 Å². The van der Waals surface area contributed by atoms with Gasteiger partial charge in [-0.3, -0.25) is 4.72 Å². The van der Waals surface area contributed by atoms with E-state index < -0.39 is 32.4 Å². The van der Waals surface area contributed by atoms with Crippen LogP contribution < -0.4 is 4.72 Å². The second-order valence-electron chi connectivity index (χ2n) is 4.24. The first kappa shape index (κ1) is 14.7. The molecule has 1 heterocycles. The third-order valence-electron chi connectivity index (χ3n) is 2.80. The molecule has 0 spiro atoms. The average Bonchev–Trinajstić information content (AvgIpc) is 2.93. The Morgan fingerprint density at radius 1 is 1.05 bits per heavy atom. The van der Waals surface area contributed by atoms with Crippen molar-refractivity contribution in [1.29, 1.82) is 0 Å². The third kappa shape index (κ3) is 2.50. The lowest BCUT2D eigenvalue weighted by molar-refractivity contribution is 0.442. The predicted molar refractivity (Wildman–Crippen MR) is 74.5 cm³/mol. The van der Waals surface area contributed by atoms with Crippen molar-refractivity contribution < 1.29 is 21.6 Å². The Kier molecular flexibility index (Phi) is 3.49. The molecule has 0 aliphatic heterocycles. The van der Waals surface area contributed by atoms with Gasteiger partial charge in [-0.25, -0.2) is 21.6 Å². The molecular weight excluding hydrogens is 339 g/mol. The maximum Gasteiger partial charge on any atom is 0.262 e. The van der Waals surface area contributed by atoms with Gasteiger partial charge in [-0.2, -0.15) is 8.75 Å². The van der Waals surface area contributed by atoms with Gasteiger partial charge >= 0.3 is 0 Å². The number of halogens is 3. The smallest absolute Gasteiger partial charge is 0.262 e. The van der Waals surface area contributed by atoms with Crippen molar-refractivity contribution in [2.24, 2.45) is 0 Å². The molecule has 1 aromatic heterocycles. The number of aromatic nitrogens is 2. The van der Waals surface area contributed by atoms with E-state index in [4.69, 9.17) is 0 Å². The molecule has 1 N–H and O–H groups in total. The normalized spacial score (nSPS) is 11.8. The molecule has 3 aromatic rings. The zero-order valence-corrected chi connectivity index (χ0v) is 12.2. The van der Waals surface area contributed by atoms with Crippen LogP contribution in [0.4, 0.5) is 18.9 Å². The van der Waals surface area contributed by atoms with Crippen LogP contribution in [0.15, 0.2) is 35.2 Å². The van der Waals surface area contributed by atoms with Crippen molar-refractivity contribution in [2.75, 3.05) is 4.72 Å². The molecule has 0 amide bonds. The van der Waals surface area contributed by atoms with Crippen LogP contribution in [0.5, 0.6) is 0 Å². The molecule has 0 unspecified atom stereocenters. The largest absolute Gasteiger partial charge is 0.277 e. The Balaban J connectivity index is 2.06. The molecule has 0 saturated heterocycles. The van der Waals surface area contributed by atoms with E-state index in [1.54, 1.807) is 12.1 Å². The minimum atomic E-state index is -4.30. The summed E-state index contributed by atoms with van der Waals surface area (Å²) < 4.78 is 73.7. The highest BCUT2D eigenvalue weighted by molar-refractivity contribution is 7.92. The van der Waals surface area contributed by atoms with Crippen LogP contribution in [-0.4, -0.2) is 17.2 Å². The minimum absolute atomic E-state index is 0.108. The first-order valence-electron chi connectivity index (χ1n) is 5.77. The number of rotatable bonds is 3. The standard InChI is InChI=1S/C12H6F3N3O2S2/c13-7-4-6(5-8(14)11(7)15)22(19,20)18-10-3-1-2-9-12(10)17-21-16-9/h1-5,18H. The number of hydrogen-bond donors (Lipinski definition) is 1. The molecule has 0 atom stereocenters. The molecule has 114 valence electrons. The summed E-state index contributed by atoms with van der Waals surface area (Å²) >= 11 is 0.891. The molecule has 5 nitrogen and oxygen atoms in total. The fourth-order valence-electron chi connectivity index (χ4n) is 1.78. The highest BCUT2D eigenvalue weighted by Crippen LogP contribution is 2.25. The third-order valence-corrected chi connectivity index (χ3v) is 4.69. The van der Waals surface area contributed by atoms with Gasteiger partial charge in [0.05, 0.1) is 22.3 Å². The van der Waals surface area contributed by atoms with Gasteiger partial charge in [-0.1, -0.05) is 6.07 Å². The maximum absolute atomic E-state index is 13.2. The fourth-order valence-corrected chi connectivity index (χ4v) is 3.42. The molecule has 2 aromatic carbocycles. The lowest BCUT2D eigenvalue weighted by atomic mass is 10.3. The number of nitrogens with one attached hydrogen (secondary N) is 1. The van der Waals surface area contributed by atoms with Crippen molar-refractivity contribution in [3.05, 3.63) is 47.8 Å². The number of benzene rings is 2. The van der Waals surface area contributed by atoms with Gasteiger partial charge in [0.25, 0.3) is 10.0 Å². The Bertz CT molecular complexity index is 950. The Hall–Kier alpha value is -2.20. The van der Waals surface area contributed by atoms with Crippen molar-refractivity contribution in [1.82, 2.24) is 8.75 Å². The molecule has 0 bridgehead atoms. The van der Waals surface area contributed by atoms with Crippen molar-refractivity contribution in [3.8, 4) is 0 Å². The first-order chi connectivity index (χ1) is 10.4. The van der Waals surface area contributed by atoms with E-state index in [1.165, 1.54) is 6.07 Å². The van der Waals surface area contributed by atoms with E-state index in [-0.39, 0.29) is 5.69 Å². The molecule has 10 heteroatoms. The summed E-state index contributed by atoms with van der Waals surface area (Å²) in [5.74, 6) is -4.91. The summed E-state index contributed by atoms with van der Waals surface area (Å²) in [5, 5.41) is 0. The van der Waals surface area contributed by atoms with Gasteiger partial charge < -0.3 is 0 Å². The Morgan fingerprint density at radius 3 is 2.41 bits per heavy atom. The maximum atomic E-state index is 13.2. The van der Waals surface area contributed by atoms with Gasteiger partial charge in [0, 0.05) is 0 Å². The average molecular weight is 345 g/mol. The topological polar surface area (TPSA) is 72.0 Å². The van der Waals surface area contributed by atoms with E-state index in [1.807, 2.05) is 0 Å². The molecule has 0 aliphatic rings. The number of fused-ring (bicyclic) bond motifs is 1. The van der Waals surface area contributed by atoms with Crippen LogP contribution in [0.25, 0.3) is 11.0 Å². The number of anilines is 1. The second kappa shape index (κ2) is 5.21. The van der Waals surface area contributed by atoms with Gasteiger partial charge in [0.1, 0.15) is 11.0 Å². The Morgan fingerprint density at radius 2 is 1.73 bits per heavy atom. The fraction of sp³-hybridized carbons (Fsp3) is 0. The van der Waals surface area contributed by atoms with Crippen LogP contribution in [-0.2, 0) is 10.0 Å². The number of nitrogens with zero attached hydrogens (tertiary/aromatic N) is 2. The van der Waals surface area contributed by atoms with Crippen molar-refractivity contribution in [3.63, 3.8) is 0 Å².